The van der Waals surface area contributed by atoms with E-state index in [2.05, 4.69) is 27.8 Å². The first kappa shape index (κ1) is 24.5. The molecule has 0 radical (unpaired) electrons. The second-order valence-corrected chi connectivity index (χ2v) is 8.55. The fourth-order valence-corrected chi connectivity index (χ4v) is 5.11. The lowest BCUT2D eigenvalue weighted by atomic mass is 9.85. The van der Waals surface area contributed by atoms with Gasteiger partial charge in [-0.2, -0.15) is 0 Å². The Morgan fingerprint density at radius 3 is 2.25 bits per heavy atom. The second kappa shape index (κ2) is 11.1. The molecule has 4 unspecified atom stereocenters. The molecule has 32 heavy (non-hydrogen) atoms. The first-order chi connectivity index (χ1) is 15.1. The van der Waals surface area contributed by atoms with Crippen LogP contribution in [0.15, 0.2) is 46.3 Å². The van der Waals surface area contributed by atoms with Gasteiger partial charge in [0.1, 0.15) is 0 Å². The summed E-state index contributed by atoms with van der Waals surface area (Å²) in [6, 6.07) is 5.18. The average Bonchev–Trinajstić information content (AvgIpc) is 3.45. The van der Waals surface area contributed by atoms with E-state index in [1.807, 2.05) is 6.07 Å². The summed E-state index contributed by atoms with van der Waals surface area (Å²) in [5.41, 5.74) is 0.0236. The second-order valence-electron chi connectivity index (χ2n) is 8.55. The molecule has 1 saturated heterocycles. The van der Waals surface area contributed by atoms with E-state index in [0.717, 1.165) is 25.8 Å². The molecule has 174 valence electrons. The fraction of sp³-hybridized carbons (Fsp3) is 0.565. The third-order valence-corrected chi connectivity index (χ3v) is 6.65. The molecule has 0 aromatic carbocycles. The molecule has 2 amide bonds. The van der Waals surface area contributed by atoms with E-state index in [1.54, 1.807) is 29.9 Å². The molecule has 3 aliphatic rings. The van der Waals surface area contributed by atoms with Crippen molar-refractivity contribution < 1.29 is 9.59 Å². The molecular weight excluding hydrogens is 521 g/mol. The van der Waals surface area contributed by atoms with Crippen molar-refractivity contribution in [1.82, 2.24) is 20.1 Å². The molecule has 2 fully saturated rings. The summed E-state index contributed by atoms with van der Waals surface area (Å²) in [7, 11) is 1.72. The van der Waals surface area contributed by atoms with Gasteiger partial charge in [0.25, 0.3) is 0 Å². The van der Waals surface area contributed by atoms with Crippen molar-refractivity contribution in [3.63, 3.8) is 0 Å². The highest BCUT2D eigenvalue weighted by Crippen LogP contribution is 2.52. The highest BCUT2D eigenvalue weighted by molar-refractivity contribution is 14.0. The van der Waals surface area contributed by atoms with E-state index in [1.165, 1.54) is 4.90 Å². The topological polar surface area (TPSA) is 95.8 Å². The Bertz CT molecular complexity index is 914. The number of aryl methyl sites for hydroxylation is 1. The number of pyridine rings is 1. The van der Waals surface area contributed by atoms with Gasteiger partial charge in [-0.3, -0.25) is 24.3 Å². The molecular formula is C23H32IN5O3. The van der Waals surface area contributed by atoms with Crippen LogP contribution < -0.4 is 16.2 Å². The smallest absolute Gasteiger partial charge is 0.250 e. The predicted octanol–water partition coefficient (Wildman–Crippen LogP) is 1.61. The maximum atomic E-state index is 12.7. The number of hydrogen-bond acceptors (Lipinski definition) is 4. The Kier molecular flexibility index (Phi) is 8.50. The zero-order valence-electron chi connectivity index (χ0n) is 18.4. The van der Waals surface area contributed by atoms with Crippen LogP contribution in [-0.4, -0.2) is 53.9 Å². The third kappa shape index (κ3) is 5.07. The van der Waals surface area contributed by atoms with Gasteiger partial charge in [0, 0.05) is 45.5 Å². The lowest BCUT2D eigenvalue weighted by Crippen LogP contribution is -2.40. The summed E-state index contributed by atoms with van der Waals surface area (Å²) in [4.78, 5) is 42.8. The summed E-state index contributed by atoms with van der Waals surface area (Å²) in [6.07, 6.45) is 9.51. The molecule has 0 spiro atoms. The Morgan fingerprint density at radius 2 is 1.62 bits per heavy atom. The number of aliphatic imine (C=N–C) groups is 1. The van der Waals surface area contributed by atoms with Crippen LogP contribution in [0.4, 0.5) is 0 Å². The van der Waals surface area contributed by atoms with Crippen molar-refractivity contribution in [3.8, 4) is 0 Å². The number of nitrogens with one attached hydrogen (secondary N) is 2. The van der Waals surface area contributed by atoms with Crippen molar-refractivity contribution in [1.29, 1.82) is 0 Å². The summed E-state index contributed by atoms with van der Waals surface area (Å²) in [6.45, 7) is 2.55. The number of imide groups is 1. The number of hydrogen-bond donors (Lipinski definition) is 2. The van der Waals surface area contributed by atoms with E-state index in [4.69, 9.17) is 0 Å². The number of guanidine groups is 1. The van der Waals surface area contributed by atoms with E-state index >= 15 is 0 Å². The number of allylic oxidation sites excluding steroid dienone is 2. The monoisotopic (exact) mass is 553 g/mol. The van der Waals surface area contributed by atoms with Gasteiger partial charge in [-0.25, -0.2) is 0 Å². The van der Waals surface area contributed by atoms with E-state index < -0.39 is 0 Å². The number of halogens is 1. The maximum Gasteiger partial charge on any atom is 0.250 e. The molecule has 2 bridgehead atoms. The lowest BCUT2D eigenvalue weighted by Gasteiger charge is -2.18. The van der Waals surface area contributed by atoms with Gasteiger partial charge in [-0.1, -0.05) is 18.2 Å². The van der Waals surface area contributed by atoms with Crippen LogP contribution in [0.1, 0.15) is 25.7 Å². The Balaban J connectivity index is 0.00000289. The van der Waals surface area contributed by atoms with Crippen LogP contribution in [0, 0.1) is 23.7 Å². The minimum absolute atomic E-state index is 0. The van der Waals surface area contributed by atoms with E-state index in [0.29, 0.717) is 32.0 Å². The lowest BCUT2D eigenvalue weighted by molar-refractivity contribution is -0.140. The highest BCUT2D eigenvalue weighted by Gasteiger charge is 2.58. The van der Waals surface area contributed by atoms with Gasteiger partial charge in [-0.05, 0) is 43.6 Å². The molecule has 1 aromatic rings. The molecule has 1 aromatic heterocycles. The number of rotatable bonds is 9. The van der Waals surface area contributed by atoms with Crippen LogP contribution in [-0.2, 0) is 16.1 Å². The zero-order valence-corrected chi connectivity index (χ0v) is 20.7. The van der Waals surface area contributed by atoms with Gasteiger partial charge < -0.3 is 15.2 Å². The third-order valence-electron chi connectivity index (χ3n) is 6.65. The first-order valence-electron chi connectivity index (χ1n) is 11.2. The van der Waals surface area contributed by atoms with E-state index in [-0.39, 0.29) is 65.0 Å². The minimum atomic E-state index is -0.114. The van der Waals surface area contributed by atoms with Gasteiger partial charge in [0.2, 0.25) is 17.4 Å². The minimum Gasteiger partial charge on any atom is -0.356 e. The summed E-state index contributed by atoms with van der Waals surface area (Å²) in [5.74, 6) is 1.04. The van der Waals surface area contributed by atoms with Crippen LogP contribution in [0.25, 0.3) is 0 Å². The SMILES string of the molecule is CN=C(NCCCCn1ccccc1=O)NCCCN1C(=O)C2C3C=CC(C3)C2C1=O.I. The normalized spacial score (nSPS) is 25.8. The molecule has 2 N–H and O–H groups in total. The van der Waals surface area contributed by atoms with Gasteiger partial charge in [-0.15, -0.1) is 24.0 Å². The number of unbranched alkanes of at least 4 members (excludes halogenated alkanes) is 1. The van der Waals surface area contributed by atoms with Gasteiger partial charge in [0.05, 0.1) is 11.8 Å². The largest absolute Gasteiger partial charge is 0.356 e. The molecule has 1 saturated carbocycles. The van der Waals surface area contributed by atoms with Crippen molar-refractivity contribution in [2.45, 2.75) is 32.2 Å². The van der Waals surface area contributed by atoms with Crippen molar-refractivity contribution >= 4 is 41.8 Å². The summed E-state index contributed by atoms with van der Waals surface area (Å²) >= 11 is 0. The predicted molar refractivity (Wildman–Crippen MR) is 134 cm³/mol. The Hall–Kier alpha value is -2.17. The summed E-state index contributed by atoms with van der Waals surface area (Å²) < 4.78 is 1.71. The van der Waals surface area contributed by atoms with Crippen LogP contribution in [0.5, 0.6) is 0 Å². The Labute approximate surface area is 205 Å². The van der Waals surface area contributed by atoms with Gasteiger partial charge >= 0.3 is 0 Å². The molecule has 4 rings (SSSR count). The van der Waals surface area contributed by atoms with Crippen molar-refractivity contribution in [3.05, 3.63) is 46.9 Å². The highest BCUT2D eigenvalue weighted by atomic mass is 127. The fourth-order valence-electron chi connectivity index (χ4n) is 5.11. The first-order valence-corrected chi connectivity index (χ1v) is 11.2. The standard InChI is InChI=1S/C23H31N5O3.HI/c1-24-23(25-10-3-5-13-27-12-4-2-7-18(27)29)26-11-6-14-28-21(30)19-16-8-9-17(15-16)20(19)22(28)31;/h2,4,7-9,12,16-17,19-20H,3,5-6,10-11,13-15H2,1H3,(H2,24,25,26);1H. The number of fused-ring (bicyclic) bond motifs is 5. The van der Waals surface area contributed by atoms with E-state index in [9.17, 15) is 14.4 Å². The summed E-state index contributed by atoms with van der Waals surface area (Å²) in [5, 5.41) is 6.51. The molecule has 9 heteroatoms. The Morgan fingerprint density at radius 1 is 0.969 bits per heavy atom. The van der Waals surface area contributed by atoms with Crippen molar-refractivity contribution in [2.75, 3.05) is 26.7 Å². The molecule has 1 aliphatic heterocycles. The van der Waals surface area contributed by atoms with Crippen LogP contribution in [0.3, 0.4) is 0 Å². The van der Waals surface area contributed by atoms with Crippen LogP contribution >= 0.6 is 24.0 Å². The number of nitrogens with zero attached hydrogens (tertiary/aromatic N) is 3. The number of likely N-dealkylation sites (tertiary alicyclic amines) is 1. The zero-order chi connectivity index (χ0) is 21.8. The number of amides is 2. The molecule has 2 heterocycles. The van der Waals surface area contributed by atoms with Gasteiger partial charge in [0.15, 0.2) is 5.96 Å². The molecule has 2 aliphatic carbocycles. The number of aromatic nitrogens is 1. The molecule has 8 nitrogen and oxygen atoms in total. The number of carbonyl (C=O) groups is 2. The van der Waals surface area contributed by atoms with Crippen LogP contribution in [0.2, 0.25) is 0 Å². The number of carbonyl (C=O) groups excluding carboxylic acids is 2. The van der Waals surface area contributed by atoms with Crippen molar-refractivity contribution in [2.24, 2.45) is 28.7 Å². The molecule has 4 atom stereocenters. The quantitative estimate of drug-likeness (QED) is 0.121. The average molecular weight is 553 g/mol. The maximum absolute atomic E-state index is 12.7.